The number of likely N-dealkylation sites (tertiary alicyclic amines) is 1. The number of methoxy groups -OCH3 is 1. The molecule has 2 heterocycles. The smallest absolute Gasteiger partial charge is 0.407 e. The molecule has 4 amide bonds. The van der Waals surface area contributed by atoms with E-state index in [0.717, 1.165) is 17.0 Å². The first-order valence-corrected chi connectivity index (χ1v) is 8.58. The Bertz CT molecular complexity index is 861. The first-order valence-electron chi connectivity index (χ1n) is 8.58. The van der Waals surface area contributed by atoms with Crippen LogP contribution in [0.4, 0.5) is 10.5 Å². The number of alkyl carbamates (subject to hydrolysis) is 1. The van der Waals surface area contributed by atoms with Gasteiger partial charge < -0.3 is 15.0 Å². The van der Waals surface area contributed by atoms with E-state index in [9.17, 15) is 29.3 Å². The van der Waals surface area contributed by atoms with Crippen molar-refractivity contribution in [3.63, 3.8) is 0 Å². The van der Waals surface area contributed by atoms with Crippen LogP contribution in [0.2, 0.25) is 0 Å². The molecule has 2 aliphatic heterocycles. The van der Waals surface area contributed by atoms with Crippen LogP contribution in [0.15, 0.2) is 18.2 Å². The lowest BCUT2D eigenvalue weighted by molar-refractivity contribution is -0.384. The zero-order valence-corrected chi connectivity index (χ0v) is 15.0. The van der Waals surface area contributed by atoms with E-state index in [2.05, 4.69) is 10.1 Å². The van der Waals surface area contributed by atoms with Crippen molar-refractivity contribution >= 4 is 29.5 Å². The number of imide groups is 1. The number of nitrogens with zero attached hydrogens (tertiary/aromatic N) is 3. The van der Waals surface area contributed by atoms with Gasteiger partial charge in [-0.3, -0.25) is 29.4 Å². The maximum atomic E-state index is 12.5. The minimum absolute atomic E-state index is 0.0457. The van der Waals surface area contributed by atoms with E-state index in [-0.39, 0.29) is 22.9 Å². The van der Waals surface area contributed by atoms with E-state index in [0.29, 0.717) is 25.9 Å². The number of hydrogen-bond donors (Lipinski definition) is 1. The van der Waals surface area contributed by atoms with Gasteiger partial charge in [-0.1, -0.05) is 0 Å². The molecule has 11 heteroatoms. The van der Waals surface area contributed by atoms with Gasteiger partial charge in [0, 0.05) is 31.3 Å². The standard InChI is InChI=1S/C17H18N4O7/c1-28-17(25)18-10-4-6-19(7-5-10)14(22)9-20-15(23)12-3-2-11(21(26)27)8-13(12)16(20)24/h2-3,8,10H,4-7,9H2,1H3,(H,18,25). The van der Waals surface area contributed by atoms with Crippen molar-refractivity contribution in [2.45, 2.75) is 18.9 Å². The fourth-order valence-electron chi connectivity index (χ4n) is 3.27. The molecule has 0 radical (unpaired) electrons. The summed E-state index contributed by atoms with van der Waals surface area (Å²) in [6.45, 7) is 0.291. The summed E-state index contributed by atoms with van der Waals surface area (Å²) in [6.07, 6.45) is 0.509. The molecule has 0 saturated carbocycles. The van der Waals surface area contributed by atoms with Crippen LogP contribution in [-0.2, 0) is 9.53 Å². The summed E-state index contributed by atoms with van der Waals surface area (Å²) in [4.78, 5) is 61.2. The number of nitro benzene ring substituents is 1. The van der Waals surface area contributed by atoms with E-state index < -0.39 is 35.3 Å². The summed E-state index contributed by atoms with van der Waals surface area (Å²) in [5.74, 6) is -1.77. The number of rotatable bonds is 4. The molecule has 1 aromatic rings. The van der Waals surface area contributed by atoms with Crippen molar-refractivity contribution in [2.24, 2.45) is 0 Å². The number of nitro groups is 1. The van der Waals surface area contributed by atoms with Gasteiger partial charge >= 0.3 is 6.09 Å². The van der Waals surface area contributed by atoms with Gasteiger partial charge in [0.1, 0.15) is 6.54 Å². The Labute approximate surface area is 159 Å². The third kappa shape index (κ3) is 3.63. The summed E-state index contributed by atoms with van der Waals surface area (Å²) in [5.41, 5.74) is -0.328. The van der Waals surface area contributed by atoms with Crippen molar-refractivity contribution in [1.29, 1.82) is 0 Å². The molecule has 1 fully saturated rings. The van der Waals surface area contributed by atoms with Gasteiger partial charge in [-0.2, -0.15) is 0 Å². The first kappa shape index (κ1) is 19.3. The first-order chi connectivity index (χ1) is 13.3. The van der Waals surface area contributed by atoms with E-state index >= 15 is 0 Å². The molecular formula is C17H18N4O7. The van der Waals surface area contributed by atoms with Crippen LogP contribution in [-0.4, -0.2) is 71.3 Å². The van der Waals surface area contributed by atoms with E-state index in [4.69, 9.17) is 0 Å². The number of carbonyl (C=O) groups excluding carboxylic acids is 4. The highest BCUT2D eigenvalue weighted by Gasteiger charge is 2.38. The second-order valence-corrected chi connectivity index (χ2v) is 6.47. The summed E-state index contributed by atoms with van der Waals surface area (Å²) in [6, 6.07) is 3.30. The Morgan fingerprint density at radius 2 is 1.86 bits per heavy atom. The van der Waals surface area contributed by atoms with Crippen molar-refractivity contribution in [2.75, 3.05) is 26.7 Å². The molecule has 3 rings (SSSR count). The predicted molar refractivity (Wildman–Crippen MR) is 93.6 cm³/mol. The molecule has 0 bridgehead atoms. The topological polar surface area (TPSA) is 139 Å². The van der Waals surface area contributed by atoms with Gasteiger partial charge in [-0.05, 0) is 18.9 Å². The summed E-state index contributed by atoms with van der Waals surface area (Å²) in [7, 11) is 1.27. The number of ether oxygens (including phenoxy) is 1. The average molecular weight is 390 g/mol. The Morgan fingerprint density at radius 3 is 2.46 bits per heavy atom. The van der Waals surface area contributed by atoms with Crippen LogP contribution in [0.3, 0.4) is 0 Å². The second kappa shape index (κ2) is 7.62. The number of non-ortho nitro benzene ring substituents is 1. The Balaban J connectivity index is 1.62. The third-order valence-electron chi connectivity index (χ3n) is 4.81. The Kier molecular flexibility index (Phi) is 5.25. The predicted octanol–water partition coefficient (Wildman–Crippen LogP) is 0.538. The van der Waals surface area contributed by atoms with Crippen LogP contribution in [0.5, 0.6) is 0 Å². The van der Waals surface area contributed by atoms with Crippen molar-refractivity contribution < 1.29 is 28.8 Å². The molecule has 0 unspecified atom stereocenters. The monoisotopic (exact) mass is 390 g/mol. The number of fused-ring (bicyclic) bond motifs is 1. The number of hydrogen-bond acceptors (Lipinski definition) is 7. The normalized spacial score (nSPS) is 16.8. The van der Waals surface area contributed by atoms with Crippen LogP contribution in [0.25, 0.3) is 0 Å². The summed E-state index contributed by atoms with van der Waals surface area (Å²) in [5, 5.41) is 13.5. The maximum absolute atomic E-state index is 12.5. The lowest BCUT2D eigenvalue weighted by Gasteiger charge is -2.32. The molecule has 1 N–H and O–H groups in total. The van der Waals surface area contributed by atoms with Crippen molar-refractivity contribution in [3.8, 4) is 0 Å². The minimum Gasteiger partial charge on any atom is -0.453 e. The lowest BCUT2D eigenvalue weighted by Crippen LogP contribution is -2.49. The molecule has 0 aromatic heterocycles. The van der Waals surface area contributed by atoms with Crippen molar-refractivity contribution in [1.82, 2.24) is 15.1 Å². The molecule has 2 aliphatic rings. The quantitative estimate of drug-likeness (QED) is 0.449. The molecule has 28 heavy (non-hydrogen) atoms. The summed E-state index contributed by atoms with van der Waals surface area (Å²) >= 11 is 0. The van der Waals surface area contributed by atoms with Gasteiger partial charge in [-0.25, -0.2) is 4.79 Å². The van der Waals surface area contributed by atoms with Gasteiger partial charge in [-0.15, -0.1) is 0 Å². The third-order valence-corrected chi connectivity index (χ3v) is 4.81. The number of carbonyl (C=O) groups is 4. The number of nitrogens with one attached hydrogen (secondary N) is 1. The van der Waals surface area contributed by atoms with Crippen LogP contribution < -0.4 is 5.32 Å². The molecule has 0 spiro atoms. The lowest BCUT2D eigenvalue weighted by atomic mass is 10.1. The van der Waals surface area contributed by atoms with Crippen LogP contribution >= 0.6 is 0 Å². The molecular weight excluding hydrogens is 372 g/mol. The largest absolute Gasteiger partial charge is 0.453 e. The van der Waals surface area contributed by atoms with E-state index in [1.807, 2.05) is 0 Å². The zero-order chi connectivity index (χ0) is 20.4. The molecule has 148 valence electrons. The number of piperidine rings is 1. The number of amides is 4. The van der Waals surface area contributed by atoms with Gasteiger partial charge in [0.25, 0.3) is 17.5 Å². The van der Waals surface area contributed by atoms with E-state index in [1.165, 1.54) is 18.1 Å². The minimum atomic E-state index is -0.723. The zero-order valence-electron chi connectivity index (χ0n) is 15.0. The van der Waals surface area contributed by atoms with Crippen molar-refractivity contribution in [3.05, 3.63) is 39.4 Å². The Morgan fingerprint density at radius 1 is 1.21 bits per heavy atom. The summed E-state index contributed by atoms with van der Waals surface area (Å²) < 4.78 is 4.54. The Hall–Kier alpha value is -3.50. The van der Waals surface area contributed by atoms with Gasteiger partial charge in [0.05, 0.1) is 23.2 Å². The second-order valence-electron chi connectivity index (χ2n) is 6.47. The molecule has 0 atom stereocenters. The highest BCUT2D eigenvalue weighted by Crippen LogP contribution is 2.27. The fourth-order valence-corrected chi connectivity index (χ4v) is 3.27. The van der Waals surface area contributed by atoms with Crippen LogP contribution in [0, 0.1) is 10.1 Å². The fraction of sp³-hybridized carbons (Fsp3) is 0.412. The molecule has 1 saturated heterocycles. The molecule has 0 aliphatic carbocycles. The highest BCUT2D eigenvalue weighted by molar-refractivity contribution is 6.22. The molecule has 11 nitrogen and oxygen atoms in total. The number of benzene rings is 1. The maximum Gasteiger partial charge on any atom is 0.407 e. The van der Waals surface area contributed by atoms with Crippen LogP contribution in [0.1, 0.15) is 33.6 Å². The SMILES string of the molecule is COC(=O)NC1CCN(C(=O)CN2C(=O)c3ccc([N+](=O)[O-])cc3C2=O)CC1. The van der Waals surface area contributed by atoms with E-state index in [1.54, 1.807) is 0 Å². The van der Waals surface area contributed by atoms with Gasteiger partial charge in [0.15, 0.2) is 0 Å². The average Bonchev–Trinajstić information content (AvgIpc) is 2.92. The highest BCUT2D eigenvalue weighted by atomic mass is 16.6. The van der Waals surface area contributed by atoms with Gasteiger partial charge in [0.2, 0.25) is 5.91 Å². The molecule has 1 aromatic carbocycles.